The Hall–Kier alpha value is -3.47. The number of anilines is 1. The van der Waals surface area contributed by atoms with Crippen LogP contribution >= 0.6 is 0 Å². The zero-order chi connectivity index (χ0) is 21.5. The first kappa shape index (κ1) is 20.8. The fourth-order valence-corrected chi connectivity index (χ4v) is 4.16. The van der Waals surface area contributed by atoms with Crippen LogP contribution in [0.3, 0.4) is 0 Å². The van der Waals surface area contributed by atoms with Crippen LogP contribution in [-0.2, 0) is 4.79 Å². The molecule has 1 unspecified atom stereocenters. The molecule has 0 radical (unpaired) electrons. The minimum Gasteiger partial charge on any atom is -0.351 e. The molecule has 3 aromatic rings. The molecule has 0 aliphatic heterocycles. The lowest BCUT2D eigenvalue weighted by Gasteiger charge is -2.33. The molecule has 1 aliphatic carbocycles. The van der Waals surface area contributed by atoms with Gasteiger partial charge in [-0.25, -0.2) is 0 Å². The summed E-state index contributed by atoms with van der Waals surface area (Å²) in [6.45, 7) is 0. The van der Waals surface area contributed by atoms with E-state index in [2.05, 4.69) is 10.3 Å². The van der Waals surface area contributed by atoms with Gasteiger partial charge in [0.05, 0.1) is 0 Å². The van der Waals surface area contributed by atoms with Gasteiger partial charge in [0.25, 0.3) is 5.91 Å². The molecule has 158 valence electrons. The highest BCUT2D eigenvalue weighted by Crippen LogP contribution is 2.30. The molecule has 31 heavy (non-hydrogen) atoms. The van der Waals surface area contributed by atoms with Gasteiger partial charge in [0.2, 0.25) is 5.91 Å². The molecule has 1 N–H and O–H groups in total. The zero-order valence-electron chi connectivity index (χ0n) is 17.5. The van der Waals surface area contributed by atoms with Gasteiger partial charge in [-0.3, -0.25) is 19.5 Å². The maximum Gasteiger partial charge on any atom is 0.277 e. The SMILES string of the molecule is O=C(NC1CCCCC1)C(c1ccccc1)N(C(=O)c1ccccn1)c1ccccc1. The molecule has 0 bridgehead atoms. The number of aromatic nitrogens is 1. The first-order valence-electron chi connectivity index (χ1n) is 10.9. The Labute approximate surface area is 183 Å². The van der Waals surface area contributed by atoms with Gasteiger partial charge in [-0.2, -0.15) is 0 Å². The molecule has 2 amide bonds. The topological polar surface area (TPSA) is 62.3 Å². The number of hydrogen-bond donors (Lipinski definition) is 1. The standard InChI is InChI=1S/C26H27N3O2/c30-25(28-21-14-6-2-7-15-21)24(20-12-4-1-5-13-20)29(22-16-8-3-9-17-22)26(31)23-18-10-11-19-27-23/h1,3-5,8-13,16-19,21,24H,2,6-7,14-15H2,(H,28,30). The summed E-state index contributed by atoms with van der Waals surface area (Å²) in [6.07, 6.45) is 7.00. The summed E-state index contributed by atoms with van der Waals surface area (Å²) in [5.74, 6) is -0.467. The molecule has 1 atom stereocenters. The van der Waals surface area contributed by atoms with Crippen molar-refractivity contribution in [2.24, 2.45) is 0 Å². The van der Waals surface area contributed by atoms with Gasteiger partial charge in [0.1, 0.15) is 11.7 Å². The minimum atomic E-state index is -0.792. The molecule has 2 aromatic carbocycles. The normalized spacial score (nSPS) is 15.1. The first-order chi connectivity index (χ1) is 15.2. The second-order valence-corrected chi connectivity index (χ2v) is 7.88. The summed E-state index contributed by atoms with van der Waals surface area (Å²) in [7, 11) is 0. The van der Waals surface area contributed by atoms with Crippen molar-refractivity contribution < 1.29 is 9.59 Å². The smallest absolute Gasteiger partial charge is 0.277 e. The second kappa shape index (κ2) is 10.0. The van der Waals surface area contributed by atoms with Gasteiger partial charge in [-0.05, 0) is 42.7 Å². The molecule has 1 fully saturated rings. The van der Waals surface area contributed by atoms with Gasteiger partial charge in [0, 0.05) is 17.9 Å². The minimum absolute atomic E-state index is 0.148. The van der Waals surface area contributed by atoms with Crippen LogP contribution in [-0.4, -0.2) is 22.8 Å². The number of carbonyl (C=O) groups excluding carboxylic acids is 2. The zero-order valence-corrected chi connectivity index (χ0v) is 17.5. The summed E-state index contributed by atoms with van der Waals surface area (Å²) >= 11 is 0. The van der Waals surface area contributed by atoms with Crippen molar-refractivity contribution >= 4 is 17.5 Å². The lowest BCUT2D eigenvalue weighted by Crippen LogP contribution is -2.47. The second-order valence-electron chi connectivity index (χ2n) is 7.88. The van der Waals surface area contributed by atoms with E-state index in [-0.39, 0.29) is 17.9 Å². The maximum atomic E-state index is 13.6. The molecule has 5 heteroatoms. The van der Waals surface area contributed by atoms with E-state index in [1.165, 1.54) is 6.42 Å². The lowest BCUT2D eigenvalue weighted by atomic mass is 9.94. The quantitative estimate of drug-likeness (QED) is 0.624. The fraction of sp³-hybridized carbons (Fsp3) is 0.269. The average molecular weight is 414 g/mol. The van der Waals surface area contributed by atoms with Crippen molar-refractivity contribution in [3.05, 3.63) is 96.3 Å². The molecule has 4 rings (SSSR count). The van der Waals surface area contributed by atoms with E-state index in [1.54, 1.807) is 29.3 Å². The monoisotopic (exact) mass is 413 g/mol. The summed E-state index contributed by atoms with van der Waals surface area (Å²) in [5, 5.41) is 3.22. The molecular weight excluding hydrogens is 386 g/mol. The molecule has 1 saturated carbocycles. The number of para-hydroxylation sites is 1. The van der Waals surface area contributed by atoms with E-state index in [1.807, 2.05) is 60.7 Å². The number of hydrogen-bond acceptors (Lipinski definition) is 3. The van der Waals surface area contributed by atoms with Crippen molar-refractivity contribution in [3.63, 3.8) is 0 Å². The van der Waals surface area contributed by atoms with Crippen LogP contribution < -0.4 is 10.2 Å². The summed E-state index contributed by atoms with van der Waals surface area (Å²) in [5.41, 5.74) is 1.73. The Bertz CT molecular complexity index is 987. The van der Waals surface area contributed by atoms with E-state index in [9.17, 15) is 9.59 Å². The molecule has 1 aromatic heterocycles. The van der Waals surface area contributed by atoms with E-state index >= 15 is 0 Å². The third-order valence-electron chi connectivity index (χ3n) is 5.71. The van der Waals surface area contributed by atoms with Crippen molar-refractivity contribution in [3.8, 4) is 0 Å². The van der Waals surface area contributed by atoms with E-state index in [0.717, 1.165) is 31.2 Å². The van der Waals surface area contributed by atoms with Crippen LogP contribution in [0.15, 0.2) is 85.1 Å². The van der Waals surface area contributed by atoms with Gasteiger partial charge in [-0.15, -0.1) is 0 Å². The Morgan fingerprint density at radius 2 is 1.48 bits per heavy atom. The first-order valence-corrected chi connectivity index (χ1v) is 10.9. The van der Waals surface area contributed by atoms with Crippen molar-refractivity contribution in [1.82, 2.24) is 10.3 Å². The van der Waals surface area contributed by atoms with E-state index < -0.39 is 6.04 Å². The summed E-state index contributed by atoms with van der Waals surface area (Å²) in [6, 6.07) is 23.4. The van der Waals surface area contributed by atoms with Crippen molar-refractivity contribution in [2.75, 3.05) is 4.90 Å². The molecular formula is C26H27N3O2. The number of pyridine rings is 1. The lowest BCUT2D eigenvalue weighted by molar-refractivity contribution is -0.123. The predicted octanol–water partition coefficient (Wildman–Crippen LogP) is 4.92. The highest BCUT2D eigenvalue weighted by molar-refractivity contribution is 6.09. The molecule has 1 aliphatic rings. The van der Waals surface area contributed by atoms with Crippen molar-refractivity contribution in [1.29, 1.82) is 0 Å². The molecule has 1 heterocycles. The molecule has 0 spiro atoms. The number of nitrogens with one attached hydrogen (secondary N) is 1. The fourth-order valence-electron chi connectivity index (χ4n) is 4.16. The predicted molar refractivity (Wildman–Crippen MR) is 122 cm³/mol. The van der Waals surface area contributed by atoms with Crippen LogP contribution in [0.4, 0.5) is 5.69 Å². The number of nitrogens with zero attached hydrogens (tertiary/aromatic N) is 2. The van der Waals surface area contributed by atoms with E-state index in [0.29, 0.717) is 11.4 Å². The van der Waals surface area contributed by atoms with Gasteiger partial charge in [0.15, 0.2) is 0 Å². The third-order valence-corrected chi connectivity index (χ3v) is 5.71. The van der Waals surface area contributed by atoms with Gasteiger partial charge >= 0.3 is 0 Å². The average Bonchev–Trinajstić information content (AvgIpc) is 2.84. The molecule has 5 nitrogen and oxygen atoms in total. The maximum absolute atomic E-state index is 13.6. The Morgan fingerprint density at radius 3 is 2.13 bits per heavy atom. The summed E-state index contributed by atoms with van der Waals surface area (Å²) in [4.78, 5) is 33.1. The summed E-state index contributed by atoms with van der Waals surface area (Å²) < 4.78 is 0. The molecule has 0 saturated heterocycles. The van der Waals surface area contributed by atoms with Crippen LogP contribution in [0, 0.1) is 0 Å². The number of rotatable bonds is 6. The Kier molecular flexibility index (Phi) is 6.72. The largest absolute Gasteiger partial charge is 0.351 e. The highest BCUT2D eigenvalue weighted by atomic mass is 16.2. The van der Waals surface area contributed by atoms with Crippen LogP contribution in [0.1, 0.15) is 54.2 Å². The van der Waals surface area contributed by atoms with E-state index in [4.69, 9.17) is 0 Å². The number of benzene rings is 2. The highest BCUT2D eigenvalue weighted by Gasteiger charge is 2.34. The Balaban J connectivity index is 1.76. The number of amides is 2. The van der Waals surface area contributed by atoms with Gasteiger partial charge in [-0.1, -0.05) is 73.9 Å². The van der Waals surface area contributed by atoms with Crippen LogP contribution in [0.2, 0.25) is 0 Å². The Morgan fingerprint density at radius 1 is 0.839 bits per heavy atom. The van der Waals surface area contributed by atoms with Crippen LogP contribution in [0.25, 0.3) is 0 Å². The van der Waals surface area contributed by atoms with Crippen LogP contribution in [0.5, 0.6) is 0 Å². The third kappa shape index (κ3) is 5.00. The number of carbonyl (C=O) groups is 2. The van der Waals surface area contributed by atoms with Gasteiger partial charge < -0.3 is 5.32 Å². The van der Waals surface area contributed by atoms with Crippen molar-refractivity contribution in [2.45, 2.75) is 44.2 Å².